The predicted octanol–water partition coefficient (Wildman–Crippen LogP) is 4.77. The highest BCUT2D eigenvalue weighted by molar-refractivity contribution is 7.17. The Labute approximate surface area is 170 Å². The number of thiophene rings is 1. The summed E-state index contributed by atoms with van der Waals surface area (Å²) in [5, 5.41) is 3.55. The SMILES string of the molecule is COC(=O)c1c(NC(=O)CCCOc2ccccc2C)sc2c1CC[C@@H](C)C2. The van der Waals surface area contributed by atoms with Crippen LogP contribution in [0.5, 0.6) is 5.75 Å². The molecule has 0 aliphatic heterocycles. The lowest BCUT2D eigenvalue weighted by atomic mass is 9.88. The van der Waals surface area contributed by atoms with Crippen LogP contribution in [0.2, 0.25) is 0 Å². The number of hydrogen-bond donors (Lipinski definition) is 1. The molecule has 0 saturated heterocycles. The van der Waals surface area contributed by atoms with Crippen molar-refractivity contribution in [3.05, 3.63) is 45.8 Å². The minimum absolute atomic E-state index is 0.106. The maximum Gasteiger partial charge on any atom is 0.341 e. The van der Waals surface area contributed by atoms with E-state index in [2.05, 4.69) is 12.2 Å². The minimum atomic E-state index is -0.370. The van der Waals surface area contributed by atoms with Crippen LogP contribution in [0.1, 0.15) is 52.5 Å². The Morgan fingerprint density at radius 1 is 1.29 bits per heavy atom. The number of fused-ring (bicyclic) bond motifs is 1. The van der Waals surface area contributed by atoms with Gasteiger partial charge in [0.2, 0.25) is 5.91 Å². The quantitative estimate of drug-likeness (QED) is 0.536. The van der Waals surface area contributed by atoms with Crippen LogP contribution in [0.3, 0.4) is 0 Å². The fourth-order valence-corrected chi connectivity index (χ4v) is 4.89. The van der Waals surface area contributed by atoms with Crippen molar-refractivity contribution in [3.8, 4) is 5.75 Å². The Balaban J connectivity index is 1.59. The molecule has 1 aliphatic rings. The van der Waals surface area contributed by atoms with E-state index in [0.717, 1.165) is 36.1 Å². The molecule has 0 spiro atoms. The number of ether oxygens (including phenoxy) is 2. The van der Waals surface area contributed by atoms with Crippen molar-refractivity contribution in [2.24, 2.45) is 5.92 Å². The van der Waals surface area contributed by atoms with Crippen LogP contribution < -0.4 is 10.1 Å². The van der Waals surface area contributed by atoms with Crippen molar-refractivity contribution < 1.29 is 19.1 Å². The predicted molar refractivity (Wildman–Crippen MR) is 111 cm³/mol. The molecule has 5 nitrogen and oxygen atoms in total. The van der Waals surface area contributed by atoms with Gasteiger partial charge in [0.1, 0.15) is 10.8 Å². The van der Waals surface area contributed by atoms with Crippen molar-refractivity contribution in [2.75, 3.05) is 19.0 Å². The molecule has 2 aromatic rings. The molecule has 3 rings (SSSR count). The third kappa shape index (κ3) is 4.73. The molecule has 1 heterocycles. The molecule has 0 bridgehead atoms. The van der Waals surface area contributed by atoms with Crippen LogP contribution >= 0.6 is 11.3 Å². The summed E-state index contributed by atoms with van der Waals surface area (Å²) in [6, 6.07) is 7.82. The van der Waals surface area contributed by atoms with E-state index in [1.54, 1.807) is 0 Å². The molecule has 1 aromatic carbocycles. The molecular formula is C22H27NO4S. The summed E-state index contributed by atoms with van der Waals surface area (Å²) >= 11 is 1.51. The zero-order valence-electron chi connectivity index (χ0n) is 16.7. The van der Waals surface area contributed by atoms with Gasteiger partial charge < -0.3 is 14.8 Å². The second-order valence-corrected chi connectivity index (χ2v) is 8.42. The van der Waals surface area contributed by atoms with Gasteiger partial charge >= 0.3 is 5.97 Å². The molecule has 1 aliphatic carbocycles. The molecule has 1 aromatic heterocycles. The Kier molecular flexibility index (Phi) is 6.73. The van der Waals surface area contributed by atoms with Gasteiger partial charge in [-0.05, 0) is 55.7 Å². The number of nitrogens with one attached hydrogen (secondary N) is 1. The van der Waals surface area contributed by atoms with Gasteiger partial charge in [-0.3, -0.25) is 4.79 Å². The first kappa shape index (κ1) is 20.4. The van der Waals surface area contributed by atoms with Crippen LogP contribution in [0.15, 0.2) is 24.3 Å². The van der Waals surface area contributed by atoms with Crippen molar-refractivity contribution >= 4 is 28.2 Å². The van der Waals surface area contributed by atoms with Gasteiger partial charge in [-0.15, -0.1) is 11.3 Å². The number of carbonyl (C=O) groups excluding carboxylic acids is 2. The van der Waals surface area contributed by atoms with Gasteiger partial charge in [-0.1, -0.05) is 25.1 Å². The third-order valence-corrected chi connectivity index (χ3v) is 6.22. The van der Waals surface area contributed by atoms with Gasteiger partial charge in [0.05, 0.1) is 19.3 Å². The molecule has 6 heteroatoms. The standard InChI is InChI=1S/C22H27NO4S/c1-14-10-11-16-18(13-14)28-21(20(16)22(25)26-3)23-19(24)9-6-12-27-17-8-5-4-7-15(17)2/h4-5,7-8,14H,6,9-13H2,1-3H3,(H,23,24)/t14-/m1/s1. The second kappa shape index (κ2) is 9.24. The fourth-order valence-electron chi connectivity index (χ4n) is 3.48. The summed E-state index contributed by atoms with van der Waals surface area (Å²) in [6.45, 7) is 4.68. The normalized spacial score (nSPS) is 15.6. The van der Waals surface area contributed by atoms with E-state index >= 15 is 0 Å². The Morgan fingerprint density at radius 2 is 2.07 bits per heavy atom. The van der Waals surface area contributed by atoms with Crippen LogP contribution in [0.25, 0.3) is 0 Å². The first-order valence-electron chi connectivity index (χ1n) is 9.70. The molecule has 1 amide bonds. The van der Waals surface area contributed by atoms with Gasteiger partial charge in [-0.25, -0.2) is 4.79 Å². The number of rotatable bonds is 7. The zero-order chi connectivity index (χ0) is 20.1. The van der Waals surface area contributed by atoms with E-state index in [0.29, 0.717) is 35.9 Å². The number of amides is 1. The van der Waals surface area contributed by atoms with Crippen LogP contribution in [-0.4, -0.2) is 25.6 Å². The van der Waals surface area contributed by atoms with Gasteiger partial charge in [-0.2, -0.15) is 0 Å². The summed E-state index contributed by atoms with van der Waals surface area (Å²) in [4.78, 5) is 25.9. The summed E-state index contributed by atoms with van der Waals surface area (Å²) in [5.74, 6) is 0.963. The molecule has 0 fully saturated rings. The van der Waals surface area contributed by atoms with E-state index in [-0.39, 0.29) is 11.9 Å². The van der Waals surface area contributed by atoms with Gasteiger partial charge in [0.15, 0.2) is 0 Å². The van der Waals surface area contributed by atoms with Crippen molar-refractivity contribution in [2.45, 2.75) is 46.0 Å². The molecular weight excluding hydrogens is 374 g/mol. The smallest absolute Gasteiger partial charge is 0.341 e. The molecule has 0 radical (unpaired) electrons. The van der Waals surface area contributed by atoms with Crippen LogP contribution in [-0.2, 0) is 22.4 Å². The molecule has 0 unspecified atom stereocenters. The van der Waals surface area contributed by atoms with E-state index < -0.39 is 0 Å². The topological polar surface area (TPSA) is 64.6 Å². The van der Waals surface area contributed by atoms with E-state index in [1.165, 1.54) is 23.3 Å². The lowest BCUT2D eigenvalue weighted by molar-refractivity contribution is -0.116. The number of benzene rings is 1. The highest BCUT2D eigenvalue weighted by atomic mass is 32.1. The van der Waals surface area contributed by atoms with Crippen molar-refractivity contribution in [1.82, 2.24) is 0 Å². The number of hydrogen-bond acceptors (Lipinski definition) is 5. The Hall–Kier alpha value is -2.34. The summed E-state index contributed by atoms with van der Waals surface area (Å²) < 4.78 is 10.7. The average molecular weight is 402 g/mol. The van der Waals surface area contributed by atoms with Crippen molar-refractivity contribution in [1.29, 1.82) is 0 Å². The largest absolute Gasteiger partial charge is 0.493 e. The number of aryl methyl sites for hydroxylation is 1. The molecule has 1 N–H and O–H groups in total. The van der Waals surface area contributed by atoms with Crippen molar-refractivity contribution in [3.63, 3.8) is 0 Å². The first-order chi connectivity index (χ1) is 13.5. The molecule has 28 heavy (non-hydrogen) atoms. The second-order valence-electron chi connectivity index (χ2n) is 7.31. The zero-order valence-corrected chi connectivity index (χ0v) is 17.5. The van der Waals surface area contributed by atoms with E-state index in [4.69, 9.17) is 9.47 Å². The maximum absolute atomic E-state index is 12.4. The van der Waals surface area contributed by atoms with Gasteiger partial charge in [0, 0.05) is 11.3 Å². The van der Waals surface area contributed by atoms with Crippen LogP contribution in [0.4, 0.5) is 5.00 Å². The van der Waals surface area contributed by atoms with Gasteiger partial charge in [0.25, 0.3) is 0 Å². The Morgan fingerprint density at radius 3 is 2.82 bits per heavy atom. The minimum Gasteiger partial charge on any atom is -0.493 e. The highest BCUT2D eigenvalue weighted by Gasteiger charge is 2.28. The van der Waals surface area contributed by atoms with Crippen LogP contribution in [0, 0.1) is 12.8 Å². The molecule has 0 saturated carbocycles. The lowest BCUT2D eigenvalue weighted by Gasteiger charge is -2.18. The lowest BCUT2D eigenvalue weighted by Crippen LogP contribution is -2.16. The number of methoxy groups -OCH3 is 1. The highest BCUT2D eigenvalue weighted by Crippen LogP contribution is 2.40. The fraction of sp³-hybridized carbons (Fsp3) is 0.455. The molecule has 1 atom stereocenters. The number of anilines is 1. The third-order valence-electron chi connectivity index (χ3n) is 5.05. The number of carbonyl (C=O) groups is 2. The summed E-state index contributed by atoms with van der Waals surface area (Å²) in [7, 11) is 1.38. The number of para-hydroxylation sites is 1. The monoisotopic (exact) mass is 401 g/mol. The number of esters is 1. The average Bonchev–Trinajstić information content (AvgIpc) is 3.02. The Bertz CT molecular complexity index is 858. The van der Waals surface area contributed by atoms with E-state index in [1.807, 2.05) is 31.2 Å². The summed E-state index contributed by atoms with van der Waals surface area (Å²) in [5.41, 5.74) is 2.67. The van der Waals surface area contributed by atoms with E-state index in [9.17, 15) is 9.59 Å². The molecule has 150 valence electrons. The first-order valence-corrected chi connectivity index (χ1v) is 10.5. The maximum atomic E-state index is 12.4. The summed E-state index contributed by atoms with van der Waals surface area (Å²) in [6.07, 6.45) is 3.81.